The summed E-state index contributed by atoms with van der Waals surface area (Å²) in [6.45, 7) is 8.13. The third kappa shape index (κ3) is 3.08. The van der Waals surface area contributed by atoms with Crippen molar-refractivity contribution in [2.75, 3.05) is 0 Å². The lowest BCUT2D eigenvalue weighted by Crippen LogP contribution is -2.30. The van der Waals surface area contributed by atoms with Crippen LogP contribution in [0.25, 0.3) is 0 Å². The summed E-state index contributed by atoms with van der Waals surface area (Å²) in [5, 5.41) is 2.92. The number of benzene rings is 1. The topological polar surface area (TPSA) is 29.1 Å². The largest absolute Gasteiger partial charge is 0.350 e. The number of hydrogen-bond donors (Lipinski definition) is 1. The van der Waals surface area contributed by atoms with Gasteiger partial charge in [-0.3, -0.25) is 4.79 Å². The van der Waals surface area contributed by atoms with Crippen molar-refractivity contribution >= 4 is 5.91 Å². The second-order valence-electron chi connectivity index (χ2n) is 4.37. The molecule has 2 heteroatoms. The van der Waals surface area contributed by atoms with Crippen LogP contribution in [0.2, 0.25) is 0 Å². The molecule has 82 valence electrons. The zero-order valence-corrected chi connectivity index (χ0v) is 9.87. The van der Waals surface area contributed by atoms with Crippen LogP contribution >= 0.6 is 0 Å². The van der Waals surface area contributed by atoms with E-state index in [1.165, 1.54) is 0 Å². The van der Waals surface area contributed by atoms with E-state index in [-0.39, 0.29) is 11.9 Å². The quantitative estimate of drug-likeness (QED) is 0.807. The molecule has 1 aromatic carbocycles. The molecule has 0 saturated carbocycles. The first kappa shape index (κ1) is 11.8. The van der Waals surface area contributed by atoms with Gasteiger partial charge in [0.2, 0.25) is 0 Å². The summed E-state index contributed by atoms with van der Waals surface area (Å²) in [5.74, 6) is 0.397. The molecule has 0 fully saturated rings. The van der Waals surface area contributed by atoms with Crippen LogP contribution in [0.1, 0.15) is 49.5 Å². The molecule has 0 spiro atoms. The molecule has 0 atom stereocenters. The standard InChI is InChI=1S/C13H19NO/c1-9(2)11-7-5-6-8-12(11)13(15)14-10(3)4/h5-10H,1-4H3,(H,14,15). The van der Waals surface area contributed by atoms with Crippen molar-refractivity contribution in [1.29, 1.82) is 0 Å². The third-order valence-electron chi connectivity index (χ3n) is 2.25. The second kappa shape index (κ2) is 4.96. The van der Waals surface area contributed by atoms with Gasteiger partial charge in [-0.15, -0.1) is 0 Å². The van der Waals surface area contributed by atoms with Gasteiger partial charge in [0.25, 0.3) is 5.91 Å². The molecule has 1 N–H and O–H groups in total. The van der Waals surface area contributed by atoms with Crippen molar-refractivity contribution in [3.05, 3.63) is 35.4 Å². The van der Waals surface area contributed by atoms with E-state index in [1.54, 1.807) is 0 Å². The Kier molecular flexibility index (Phi) is 3.89. The maximum absolute atomic E-state index is 11.9. The lowest BCUT2D eigenvalue weighted by molar-refractivity contribution is 0.0942. The van der Waals surface area contributed by atoms with Crippen LogP contribution in [0.5, 0.6) is 0 Å². The minimum Gasteiger partial charge on any atom is -0.350 e. The average Bonchev–Trinajstić information content (AvgIpc) is 2.16. The molecule has 1 aromatic rings. The van der Waals surface area contributed by atoms with Crippen LogP contribution in [0, 0.1) is 0 Å². The van der Waals surface area contributed by atoms with Gasteiger partial charge < -0.3 is 5.32 Å². The Morgan fingerprint density at radius 3 is 2.27 bits per heavy atom. The predicted octanol–water partition coefficient (Wildman–Crippen LogP) is 2.95. The van der Waals surface area contributed by atoms with E-state index in [2.05, 4.69) is 19.2 Å². The maximum Gasteiger partial charge on any atom is 0.251 e. The zero-order chi connectivity index (χ0) is 11.4. The van der Waals surface area contributed by atoms with E-state index in [1.807, 2.05) is 38.1 Å². The molecule has 1 rings (SSSR count). The summed E-state index contributed by atoms with van der Waals surface area (Å²) in [6.07, 6.45) is 0. The molecule has 0 unspecified atom stereocenters. The monoisotopic (exact) mass is 205 g/mol. The highest BCUT2D eigenvalue weighted by Crippen LogP contribution is 2.18. The summed E-state index contributed by atoms with van der Waals surface area (Å²) >= 11 is 0. The Bertz CT molecular complexity index is 342. The predicted molar refractivity (Wildman–Crippen MR) is 63.1 cm³/mol. The zero-order valence-electron chi connectivity index (χ0n) is 9.87. The number of amides is 1. The van der Waals surface area contributed by atoms with Gasteiger partial charge in [0.05, 0.1) is 0 Å². The van der Waals surface area contributed by atoms with E-state index >= 15 is 0 Å². The van der Waals surface area contributed by atoms with E-state index in [4.69, 9.17) is 0 Å². The Morgan fingerprint density at radius 1 is 1.13 bits per heavy atom. The van der Waals surface area contributed by atoms with Gasteiger partial charge in [-0.25, -0.2) is 0 Å². The van der Waals surface area contributed by atoms with Crippen LogP contribution in [-0.2, 0) is 0 Å². The molecule has 0 aliphatic rings. The number of rotatable bonds is 3. The lowest BCUT2D eigenvalue weighted by Gasteiger charge is -2.14. The van der Waals surface area contributed by atoms with Crippen LogP contribution in [0.4, 0.5) is 0 Å². The fourth-order valence-corrected chi connectivity index (χ4v) is 1.55. The number of carbonyl (C=O) groups excluding carboxylic acids is 1. The maximum atomic E-state index is 11.9. The van der Waals surface area contributed by atoms with Gasteiger partial charge in [-0.1, -0.05) is 32.0 Å². The summed E-state index contributed by atoms with van der Waals surface area (Å²) in [4.78, 5) is 11.9. The lowest BCUT2D eigenvalue weighted by atomic mass is 9.97. The smallest absolute Gasteiger partial charge is 0.251 e. The van der Waals surface area contributed by atoms with Gasteiger partial charge in [0, 0.05) is 11.6 Å². The second-order valence-corrected chi connectivity index (χ2v) is 4.37. The fraction of sp³-hybridized carbons (Fsp3) is 0.462. The number of carbonyl (C=O) groups is 1. The molecule has 0 radical (unpaired) electrons. The van der Waals surface area contributed by atoms with Gasteiger partial charge in [-0.05, 0) is 31.4 Å². The van der Waals surface area contributed by atoms with E-state index in [0.29, 0.717) is 5.92 Å². The fourth-order valence-electron chi connectivity index (χ4n) is 1.55. The highest BCUT2D eigenvalue weighted by molar-refractivity contribution is 5.96. The van der Waals surface area contributed by atoms with Gasteiger partial charge in [0.15, 0.2) is 0 Å². The Hall–Kier alpha value is -1.31. The van der Waals surface area contributed by atoms with Gasteiger partial charge in [-0.2, -0.15) is 0 Å². The molecule has 0 aliphatic heterocycles. The van der Waals surface area contributed by atoms with Crippen molar-refractivity contribution in [3.63, 3.8) is 0 Å². The van der Waals surface area contributed by atoms with E-state index in [9.17, 15) is 4.79 Å². The van der Waals surface area contributed by atoms with Gasteiger partial charge >= 0.3 is 0 Å². The Labute approximate surface area is 91.7 Å². The normalized spacial score (nSPS) is 10.8. The van der Waals surface area contributed by atoms with Crippen LogP contribution in [-0.4, -0.2) is 11.9 Å². The Balaban J connectivity index is 2.97. The first-order valence-corrected chi connectivity index (χ1v) is 5.42. The third-order valence-corrected chi connectivity index (χ3v) is 2.25. The molecular formula is C13H19NO. The minimum absolute atomic E-state index is 0.0225. The molecule has 15 heavy (non-hydrogen) atoms. The summed E-state index contributed by atoms with van der Waals surface area (Å²) in [7, 11) is 0. The average molecular weight is 205 g/mol. The highest BCUT2D eigenvalue weighted by atomic mass is 16.1. The molecule has 0 aromatic heterocycles. The first-order valence-electron chi connectivity index (χ1n) is 5.42. The molecule has 1 amide bonds. The summed E-state index contributed by atoms with van der Waals surface area (Å²) < 4.78 is 0. The first-order chi connectivity index (χ1) is 7.02. The highest BCUT2D eigenvalue weighted by Gasteiger charge is 2.13. The molecule has 0 aliphatic carbocycles. The van der Waals surface area contributed by atoms with Gasteiger partial charge in [0.1, 0.15) is 0 Å². The van der Waals surface area contributed by atoms with Crippen molar-refractivity contribution in [2.24, 2.45) is 0 Å². The molecule has 0 bridgehead atoms. The molecular weight excluding hydrogens is 186 g/mol. The van der Waals surface area contributed by atoms with Crippen molar-refractivity contribution in [3.8, 4) is 0 Å². The van der Waals surface area contributed by atoms with Crippen molar-refractivity contribution < 1.29 is 4.79 Å². The number of nitrogens with one attached hydrogen (secondary N) is 1. The Morgan fingerprint density at radius 2 is 1.73 bits per heavy atom. The molecule has 2 nitrogen and oxygen atoms in total. The van der Waals surface area contributed by atoms with Crippen LogP contribution in [0.3, 0.4) is 0 Å². The van der Waals surface area contributed by atoms with Crippen LogP contribution in [0.15, 0.2) is 24.3 Å². The SMILES string of the molecule is CC(C)NC(=O)c1ccccc1C(C)C. The number of hydrogen-bond acceptors (Lipinski definition) is 1. The molecule has 0 saturated heterocycles. The summed E-state index contributed by atoms with van der Waals surface area (Å²) in [5.41, 5.74) is 1.90. The van der Waals surface area contributed by atoms with E-state index < -0.39 is 0 Å². The summed E-state index contributed by atoms with van der Waals surface area (Å²) in [6, 6.07) is 7.95. The molecule has 0 heterocycles. The van der Waals surface area contributed by atoms with Crippen LogP contribution < -0.4 is 5.32 Å². The van der Waals surface area contributed by atoms with Crippen molar-refractivity contribution in [2.45, 2.75) is 39.7 Å². The van der Waals surface area contributed by atoms with Crippen molar-refractivity contribution in [1.82, 2.24) is 5.32 Å². The minimum atomic E-state index is 0.0225. The van der Waals surface area contributed by atoms with E-state index in [0.717, 1.165) is 11.1 Å².